The number of non-ortho nitro benzene ring substituents is 1. The Morgan fingerprint density at radius 1 is 1.31 bits per heavy atom. The first-order valence-electron chi connectivity index (χ1n) is 7.75. The number of hydrogen-bond acceptors (Lipinski definition) is 6. The summed E-state index contributed by atoms with van der Waals surface area (Å²) in [5, 5.41) is 23.0. The monoisotopic (exact) mass is 354 g/mol. The van der Waals surface area contributed by atoms with Gasteiger partial charge in [-0.25, -0.2) is 0 Å². The van der Waals surface area contributed by atoms with Gasteiger partial charge in [0.05, 0.1) is 16.2 Å². The van der Waals surface area contributed by atoms with E-state index in [1.54, 1.807) is 32.3 Å². The van der Waals surface area contributed by atoms with Gasteiger partial charge in [0, 0.05) is 32.8 Å². The highest BCUT2D eigenvalue weighted by Gasteiger charge is 2.11. The number of anilines is 1. The average molecular weight is 354 g/mol. The van der Waals surface area contributed by atoms with Crippen LogP contribution in [-0.4, -0.2) is 36.4 Å². The minimum atomic E-state index is -0.541. The molecule has 0 radical (unpaired) electrons. The highest BCUT2D eigenvalue weighted by Crippen LogP contribution is 2.22. The van der Waals surface area contributed by atoms with Crippen molar-refractivity contribution in [3.05, 3.63) is 63.7 Å². The van der Waals surface area contributed by atoms with Gasteiger partial charge in [-0.2, -0.15) is 5.26 Å². The van der Waals surface area contributed by atoms with Crippen LogP contribution in [0.1, 0.15) is 11.1 Å². The molecule has 8 nitrogen and oxygen atoms in total. The minimum Gasteiger partial charge on any atom is -0.484 e. The standard InChI is InChI=1S/C18H18N4O4/c1-21(2)18(23)12-26-16-5-3-4-13(8-16)11-20-17-7-6-15(22(24)25)9-14(17)10-19/h3-9,20H,11-12H2,1-2H3. The van der Waals surface area contributed by atoms with Crippen molar-refractivity contribution in [2.24, 2.45) is 0 Å². The van der Waals surface area contributed by atoms with Crippen LogP contribution in [0.15, 0.2) is 42.5 Å². The highest BCUT2D eigenvalue weighted by atomic mass is 16.6. The summed E-state index contributed by atoms with van der Waals surface area (Å²) in [5.41, 5.74) is 1.45. The fraction of sp³-hybridized carbons (Fsp3) is 0.222. The summed E-state index contributed by atoms with van der Waals surface area (Å²) in [5.74, 6) is 0.418. The van der Waals surface area contributed by atoms with Gasteiger partial charge in [0.1, 0.15) is 11.8 Å². The second-order valence-electron chi connectivity index (χ2n) is 5.68. The first-order chi connectivity index (χ1) is 12.4. The van der Waals surface area contributed by atoms with Crippen LogP contribution in [0, 0.1) is 21.4 Å². The molecular formula is C18H18N4O4. The van der Waals surface area contributed by atoms with Crippen LogP contribution in [0.3, 0.4) is 0 Å². The van der Waals surface area contributed by atoms with E-state index in [2.05, 4.69) is 5.32 Å². The first kappa shape index (κ1) is 18.7. The third-order valence-electron chi connectivity index (χ3n) is 3.58. The van der Waals surface area contributed by atoms with E-state index in [4.69, 9.17) is 10.00 Å². The van der Waals surface area contributed by atoms with E-state index in [1.807, 2.05) is 12.1 Å². The molecule has 26 heavy (non-hydrogen) atoms. The maximum Gasteiger partial charge on any atom is 0.270 e. The second kappa shape index (κ2) is 8.48. The van der Waals surface area contributed by atoms with Crippen LogP contribution in [0.2, 0.25) is 0 Å². The molecule has 0 aliphatic rings. The Hall–Kier alpha value is -3.60. The number of nitro benzene ring substituents is 1. The number of rotatable bonds is 7. The molecule has 1 N–H and O–H groups in total. The number of amides is 1. The lowest BCUT2D eigenvalue weighted by molar-refractivity contribution is -0.384. The lowest BCUT2D eigenvalue weighted by atomic mass is 10.1. The Labute approximate surface area is 150 Å². The summed E-state index contributed by atoms with van der Waals surface area (Å²) in [6, 6.07) is 13.2. The molecule has 0 bridgehead atoms. The molecule has 0 unspecified atom stereocenters. The summed E-state index contributed by atoms with van der Waals surface area (Å²) in [4.78, 5) is 23.3. The minimum absolute atomic E-state index is 0.0508. The summed E-state index contributed by atoms with van der Waals surface area (Å²) >= 11 is 0. The van der Waals surface area contributed by atoms with Gasteiger partial charge in [-0.3, -0.25) is 14.9 Å². The predicted molar refractivity (Wildman–Crippen MR) is 95.8 cm³/mol. The number of carbonyl (C=O) groups is 1. The van der Waals surface area contributed by atoms with Crippen molar-refractivity contribution < 1.29 is 14.5 Å². The van der Waals surface area contributed by atoms with Crippen molar-refractivity contribution in [2.45, 2.75) is 6.54 Å². The van der Waals surface area contributed by atoms with Gasteiger partial charge in [-0.1, -0.05) is 12.1 Å². The molecule has 2 rings (SSSR count). The number of hydrogen-bond donors (Lipinski definition) is 1. The van der Waals surface area contributed by atoms with Crippen LogP contribution < -0.4 is 10.1 Å². The maximum atomic E-state index is 11.6. The van der Waals surface area contributed by atoms with Crippen molar-refractivity contribution in [2.75, 3.05) is 26.0 Å². The van der Waals surface area contributed by atoms with Crippen molar-refractivity contribution in [1.82, 2.24) is 4.90 Å². The molecule has 0 aromatic heterocycles. The third kappa shape index (κ3) is 4.95. The maximum absolute atomic E-state index is 11.6. The number of nitro groups is 1. The van der Waals surface area contributed by atoms with Gasteiger partial charge in [-0.05, 0) is 23.8 Å². The number of nitriles is 1. The zero-order valence-electron chi connectivity index (χ0n) is 14.4. The van der Waals surface area contributed by atoms with Crippen LogP contribution in [-0.2, 0) is 11.3 Å². The molecular weight excluding hydrogens is 336 g/mol. The van der Waals surface area contributed by atoms with Crippen LogP contribution >= 0.6 is 0 Å². The zero-order chi connectivity index (χ0) is 19.1. The average Bonchev–Trinajstić information content (AvgIpc) is 2.64. The largest absolute Gasteiger partial charge is 0.484 e. The number of nitrogens with zero attached hydrogens (tertiary/aromatic N) is 3. The van der Waals surface area contributed by atoms with E-state index in [1.165, 1.54) is 23.1 Å². The molecule has 8 heteroatoms. The number of benzene rings is 2. The number of ether oxygens (including phenoxy) is 1. The molecule has 2 aromatic carbocycles. The molecule has 0 saturated heterocycles. The fourth-order valence-electron chi connectivity index (χ4n) is 2.11. The van der Waals surface area contributed by atoms with Crippen molar-refractivity contribution in [1.29, 1.82) is 5.26 Å². The van der Waals surface area contributed by atoms with Crippen LogP contribution in [0.25, 0.3) is 0 Å². The Bertz CT molecular complexity index is 859. The molecule has 0 saturated carbocycles. The molecule has 134 valence electrons. The summed E-state index contributed by atoms with van der Waals surface area (Å²) in [6.45, 7) is 0.343. The van der Waals surface area contributed by atoms with Crippen molar-refractivity contribution >= 4 is 17.3 Å². The Kier molecular flexibility index (Phi) is 6.11. The fourth-order valence-corrected chi connectivity index (χ4v) is 2.11. The van der Waals surface area contributed by atoms with Gasteiger partial charge < -0.3 is 15.0 Å². The van der Waals surface area contributed by atoms with E-state index in [0.29, 0.717) is 18.0 Å². The van der Waals surface area contributed by atoms with Crippen LogP contribution in [0.4, 0.5) is 11.4 Å². The molecule has 0 spiro atoms. The summed E-state index contributed by atoms with van der Waals surface area (Å²) < 4.78 is 5.46. The quantitative estimate of drug-likeness (QED) is 0.604. The normalized spacial score (nSPS) is 9.88. The first-order valence-corrected chi connectivity index (χ1v) is 7.75. The zero-order valence-corrected chi connectivity index (χ0v) is 14.4. The number of carbonyl (C=O) groups excluding carboxylic acids is 1. The van der Waals surface area contributed by atoms with Gasteiger partial charge >= 0.3 is 0 Å². The topological polar surface area (TPSA) is 108 Å². The lowest BCUT2D eigenvalue weighted by Gasteiger charge is -2.12. The SMILES string of the molecule is CN(C)C(=O)COc1cccc(CNc2ccc([N+](=O)[O-])cc2C#N)c1. The highest BCUT2D eigenvalue weighted by molar-refractivity contribution is 5.77. The summed E-state index contributed by atoms with van der Waals surface area (Å²) in [6.07, 6.45) is 0. The summed E-state index contributed by atoms with van der Waals surface area (Å²) in [7, 11) is 3.31. The smallest absolute Gasteiger partial charge is 0.270 e. The van der Waals surface area contributed by atoms with Gasteiger partial charge in [0.15, 0.2) is 6.61 Å². The molecule has 0 aliphatic carbocycles. The van der Waals surface area contributed by atoms with Gasteiger partial charge in [-0.15, -0.1) is 0 Å². The lowest BCUT2D eigenvalue weighted by Crippen LogP contribution is -2.27. The van der Waals surface area contributed by atoms with E-state index in [9.17, 15) is 14.9 Å². The van der Waals surface area contributed by atoms with Crippen molar-refractivity contribution in [3.63, 3.8) is 0 Å². The Morgan fingerprint density at radius 2 is 2.08 bits per heavy atom. The number of nitrogens with one attached hydrogen (secondary N) is 1. The predicted octanol–water partition coefficient (Wildman–Crippen LogP) is 2.55. The third-order valence-corrected chi connectivity index (χ3v) is 3.58. The van der Waals surface area contributed by atoms with Crippen molar-refractivity contribution in [3.8, 4) is 11.8 Å². The van der Waals surface area contributed by atoms with E-state index >= 15 is 0 Å². The van der Waals surface area contributed by atoms with Gasteiger partial charge in [0.25, 0.3) is 11.6 Å². The van der Waals surface area contributed by atoms with Gasteiger partial charge in [0.2, 0.25) is 0 Å². The Morgan fingerprint density at radius 3 is 2.73 bits per heavy atom. The molecule has 2 aromatic rings. The molecule has 0 heterocycles. The van der Waals surface area contributed by atoms with E-state index in [0.717, 1.165) is 5.56 Å². The van der Waals surface area contributed by atoms with Crippen LogP contribution in [0.5, 0.6) is 5.75 Å². The van der Waals surface area contributed by atoms with E-state index < -0.39 is 4.92 Å². The molecule has 1 amide bonds. The van der Waals surface area contributed by atoms with E-state index in [-0.39, 0.29) is 23.8 Å². The molecule has 0 fully saturated rings. The second-order valence-corrected chi connectivity index (χ2v) is 5.68. The number of likely N-dealkylation sites (N-methyl/N-ethyl adjacent to an activating group) is 1. The Balaban J connectivity index is 2.04. The molecule has 0 aliphatic heterocycles. The molecule has 0 atom stereocenters.